The first-order valence-corrected chi connectivity index (χ1v) is 9.66. The molecule has 24 heavy (non-hydrogen) atoms. The zero-order valence-corrected chi connectivity index (χ0v) is 15.9. The van der Waals surface area contributed by atoms with Gasteiger partial charge in [0.25, 0.3) is 0 Å². The molecule has 0 aliphatic rings. The maximum Gasteiger partial charge on any atom is 0.190 e. The zero-order chi connectivity index (χ0) is 17.4. The molecule has 0 aliphatic carbocycles. The van der Waals surface area contributed by atoms with Crippen LogP contribution in [0.2, 0.25) is 0 Å². The summed E-state index contributed by atoms with van der Waals surface area (Å²) in [5.41, 5.74) is 1.24. The number of methoxy groups -OCH3 is 1. The predicted molar refractivity (Wildman–Crippen MR) is 99.7 cm³/mol. The lowest BCUT2D eigenvalue weighted by molar-refractivity contribution is 0.414. The van der Waals surface area contributed by atoms with Crippen molar-refractivity contribution in [3.05, 3.63) is 35.7 Å². The summed E-state index contributed by atoms with van der Waals surface area (Å²) in [6, 6.07) is 8.17. The maximum atomic E-state index is 5.25. The second-order valence-electron chi connectivity index (χ2n) is 6.24. The number of hydrogen-bond acceptors (Lipinski definition) is 5. The van der Waals surface area contributed by atoms with E-state index in [-0.39, 0.29) is 0 Å². The largest absolute Gasteiger partial charge is 0.497 e. The van der Waals surface area contributed by atoms with Crippen molar-refractivity contribution in [3.63, 3.8) is 0 Å². The molecule has 0 amide bonds. The van der Waals surface area contributed by atoms with Gasteiger partial charge >= 0.3 is 0 Å². The molecule has 1 N–H and O–H groups in total. The molecule has 0 atom stereocenters. The molecule has 2 rings (SSSR count). The van der Waals surface area contributed by atoms with Gasteiger partial charge in [-0.15, -0.1) is 10.2 Å². The summed E-state index contributed by atoms with van der Waals surface area (Å²) in [5, 5.41) is 13.2. The highest BCUT2D eigenvalue weighted by molar-refractivity contribution is 7.98. The van der Waals surface area contributed by atoms with Crippen molar-refractivity contribution in [2.75, 3.05) is 19.9 Å². The number of hydrogen-bond donors (Lipinski definition) is 1. The van der Waals surface area contributed by atoms with Gasteiger partial charge in [0.1, 0.15) is 11.6 Å². The maximum absolute atomic E-state index is 5.25. The normalized spacial score (nSPS) is 11.2. The van der Waals surface area contributed by atoms with E-state index in [1.165, 1.54) is 5.56 Å². The Hall–Kier alpha value is -1.53. The van der Waals surface area contributed by atoms with E-state index in [2.05, 4.69) is 52.3 Å². The Morgan fingerprint density at radius 1 is 1.29 bits per heavy atom. The number of aromatic nitrogens is 3. The molecular formula is C18H28N4OS. The lowest BCUT2D eigenvalue weighted by Crippen LogP contribution is -2.17. The Kier molecular flexibility index (Phi) is 7.59. The van der Waals surface area contributed by atoms with Crippen molar-refractivity contribution in [1.29, 1.82) is 0 Å². The molecule has 1 heterocycles. The lowest BCUT2D eigenvalue weighted by atomic mass is 10.2. The van der Waals surface area contributed by atoms with Crippen LogP contribution in [0.3, 0.4) is 0 Å². The number of rotatable bonds is 10. The molecule has 6 heteroatoms. The molecule has 2 aromatic rings. The fourth-order valence-corrected chi connectivity index (χ4v) is 3.11. The average molecular weight is 349 g/mol. The predicted octanol–water partition coefficient (Wildman–Crippen LogP) is 3.39. The summed E-state index contributed by atoms with van der Waals surface area (Å²) in [7, 11) is 1.70. The van der Waals surface area contributed by atoms with Gasteiger partial charge in [-0.3, -0.25) is 0 Å². The van der Waals surface area contributed by atoms with Crippen molar-refractivity contribution < 1.29 is 4.74 Å². The van der Waals surface area contributed by atoms with Gasteiger partial charge < -0.3 is 14.6 Å². The van der Waals surface area contributed by atoms with E-state index in [1.807, 2.05) is 12.1 Å². The van der Waals surface area contributed by atoms with E-state index in [0.29, 0.717) is 5.92 Å². The molecule has 0 fully saturated rings. The molecule has 5 nitrogen and oxygen atoms in total. The third kappa shape index (κ3) is 5.53. The van der Waals surface area contributed by atoms with E-state index in [9.17, 15) is 0 Å². The number of thioether (sulfide) groups is 1. The van der Waals surface area contributed by atoms with Crippen molar-refractivity contribution in [2.24, 2.45) is 5.92 Å². The van der Waals surface area contributed by atoms with Crippen LogP contribution in [0.5, 0.6) is 5.75 Å². The first kappa shape index (κ1) is 18.8. The zero-order valence-electron chi connectivity index (χ0n) is 15.1. The molecule has 0 saturated carbocycles. The molecule has 0 saturated heterocycles. The van der Waals surface area contributed by atoms with Gasteiger partial charge in [0.05, 0.1) is 7.11 Å². The van der Waals surface area contributed by atoms with Gasteiger partial charge in [0.2, 0.25) is 0 Å². The van der Waals surface area contributed by atoms with Gasteiger partial charge in [0.15, 0.2) is 5.16 Å². The van der Waals surface area contributed by atoms with Gasteiger partial charge in [-0.05, 0) is 42.8 Å². The van der Waals surface area contributed by atoms with Crippen LogP contribution in [0, 0.1) is 5.92 Å². The van der Waals surface area contributed by atoms with Crippen LogP contribution in [0.1, 0.15) is 31.7 Å². The lowest BCUT2D eigenvalue weighted by Gasteiger charge is -2.12. The molecule has 0 unspecified atom stereocenters. The third-order valence-electron chi connectivity index (χ3n) is 3.74. The highest BCUT2D eigenvalue weighted by atomic mass is 32.2. The minimum atomic E-state index is 0.594. The van der Waals surface area contributed by atoms with Crippen molar-refractivity contribution in [3.8, 4) is 5.75 Å². The van der Waals surface area contributed by atoms with Gasteiger partial charge in [0, 0.05) is 19.5 Å². The Labute approximate surface area is 149 Å². The highest BCUT2D eigenvalue weighted by Crippen LogP contribution is 2.17. The number of benzene rings is 1. The van der Waals surface area contributed by atoms with Crippen LogP contribution < -0.4 is 10.1 Å². The van der Waals surface area contributed by atoms with Crippen LogP contribution in [-0.2, 0) is 19.5 Å². The first-order valence-electron chi connectivity index (χ1n) is 8.43. The summed E-state index contributed by atoms with van der Waals surface area (Å²) in [4.78, 5) is 0. The fraction of sp³-hybridized carbons (Fsp3) is 0.556. The molecule has 0 spiro atoms. The second-order valence-corrected chi connectivity index (χ2v) is 7.01. The van der Waals surface area contributed by atoms with Crippen LogP contribution in [0.15, 0.2) is 29.4 Å². The van der Waals surface area contributed by atoms with E-state index in [4.69, 9.17) is 4.74 Å². The minimum Gasteiger partial charge on any atom is -0.497 e. The van der Waals surface area contributed by atoms with E-state index in [0.717, 1.165) is 49.2 Å². The van der Waals surface area contributed by atoms with Crippen molar-refractivity contribution in [2.45, 2.75) is 44.9 Å². The molecule has 0 aliphatic heterocycles. The van der Waals surface area contributed by atoms with Crippen LogP contribution >= 0.6 is 11.8 Å². The monoisotopic (exact) mass is 348 g/mol. The number of ether oxygens (including phenoxy) is 1. The summed E-state index contributed by atoms with van der Waals surface area (Å²) < 4.78 is 7.51. The number of nitrogens with one attached hydrogen (secondary N) is 1. The van der Waals surface area contributed by atoms with Crippen LogP contribution in [0.25, 0.3) is 0 Å². The fourth-order valence-electron chi connectivity index (χ4n) is 2.59. The van der Waals surface area contributed by atoms with E-state index >= 15 is 0 Å². The topological polar surface area (TPSA) is 52.0 Å². The molecular weight excluding hydrogens is 320 g/mol. The Balaban J connectivity index is 1.79. The molecule has 1 aromatic carbocycles. The van der Waals surface area contributed by atoms with Gasteiger partial charge in [-0.1, -0.05) is 37.7 Å². The third-order valence-corrected chi connectivity index (χ3v) is 4.41. The summed E-state index contributed by atoms with van der Waals surface area (Å²) in [6.07, 6.45) is 4.06. The second kappa shape index (κ2) is 9.69. The van der Waals surface area contributed by atoms with Gasteiger partial charge in [-0.2, -0.15) is 0 Å². The smallest absolute Gasteiger partial charge is 0.190 e. The Morgan fingerprint density at radius 2 is 2.12 bits per heavy atom. The molecule has 0 radical (unpaired) electrons. The average Bonchev–Trinajstić information content (AvgIpc) is 2.96. The molecule has 1 aromatic heterocycles. The van der Waals surface area contributed by atoms with Crippen LogP contribution in [-0.4, -0.2) is 34.7 Å². The standard InChI is InChI=1S/C18H28N4OS/c1-14(2)13-22-17(20-21-18(22)24-4)9-6-10-19-12-15-7-5-8-16(11-15)23-3/h5,7-8,11,14,19H,6,9-10,12-13H2,1-4H3. The SMILES string of the molecule is COc1cccc(CNCCCc2nnc(SC)n2CC(C)C)c1. The first-order chi connectivity index (χ1) is 11.6. The minimum absolute atomic E-state index is 0.594. The molecule has 132 valence electrons. The Morgan fingerprint density at radius 3 is 2.83 bits per heavy atom. The Bertz CT molecular complexity index is 627. The highest BCUT2D eigenvalue weighted by Gasteiger charge is 2.12. The number of aryl methyl sites for hydroxylation is 1. The molecule has 0 bridgehead atoms. The van der Waals surface area contributed by atoms with Crippen molar-refractivity contribution >= 4 is 11.8 Å². The summed E-state index contributed by atoms with van der Waals surface area (Å²) in [6.45, 7) is 7.25. The quantitative estimate of drug-likeness (QED) is 0.527. The van der Waals surface area contributed by atoms with Gasteiger partial charge in [-0.25, -0.2) is 0 Å². The van der Waals surface area contributed by atoms with E-state index < -0.39 is 0 Å². The summed E-state index contributed by atoms with van der Waals surface area (Å²) >= 11 is 1.66. The number of nitrogens with zero attached hydrogens (tertiary/aromatic N) is 3. The van der Waals surface area contributed by atoms with Crippen molar-refractivity contribution in [1.82, 2.24) is 20.1 Å². The summed E-state index contributed by atoms with van der Waals surface area (Å²) in [5.74, 6) is 2.59. The van der Waals surface area contributed by atoms with Crippen LogP contribution in [0.4, 0.5) is 0 Å². The van der Waals surface area contributed by atoms with E-state index in [1.54, 1.807) is 18.9 Å².